The molecule has 2 rings (SSSR count). The maximum Gasteiger partial charge on any atom is 0.0836 e. The molecule has 0 fully saturated rings. The number of aliphatic hydroxyl groups is 1. The molecule has 0 spiro atoms. The van der Waals surface area contributed by atoms with E-state index in [0.29, 0.717) is 13.1 Å². The van der Waals surface area contributed by atoms with Gasteiger partial charge < -0.3 is 15.7 Å². The van der Waals surface area contributed by atoms with E-state index in [-0.39, 0.29) is 0 Å². The lowest BCUT2D eigenvalue weighted by Gasteiger charge is -2.21. The molecule has 3 nitrogen and oxygen atoms in total. The maximum absolute atomic E-state index is 9.48. The van der Waals surface area contributed by atoms with Crippen LogP contribution in [0.15, 0.2) is 24.3 Å². The van der Waals surface area contributed by atoms with Crippen molar-refractivity contribution in [2.45, 2.75) is 12.5 Å². The summed E-state index contributed by atoms with van der Waals surface area (Å²) < 4.78 is 0. The summed E-state index contributed by atoms with van der Waals surface area (Å²) in [6, 6.07) is 8.34. The minimum Gasteiger partial charge on any atom is -0.390 e. The SMILES string of the molecule is NCC(O)CN1CCc2ccccc21. The van der Waals surface area contributed by atoms with Crippen molar-refractivity contribution in [2.75, 3.05) is 24.5 Å². The summed E-state index contributed by atoms with van der Waals surface area (Å²) in [5.41, 5.74) is 8.02. The predicted octanol–water partition coefficient (Wildman–Crippen LogP) is 0.369. The number of hydrogen-bond acceptors (Lipinski definition) is 3. The van der Waals surface area contributed by atoms with Crippen LogP contribution in [0.4, 0.5) is 5.69 Å². The zero-order valence-electron chi connectivity index (χ0n) is 8.19. The lowest BCUT2D eigenvalue weighted by molar-refractivity contribution is 0.188. The summed E-state index contributed by atoms with van der Waals surface area (Å²) >= 11 is 0. The van der Waals surface area contributed by atoms with E-state index < -0.39 is 6.10 Å². The molecule has 1 aliphatic rings. The Morgan fingerprint density at radius 2 is 2.21 bits per heavy atom. The van der Waals surface area contributed by atoms with E-state index >= 15 is 0 Å². The molecule has 14 heavy (non-hydrogen) atoms. The van der Waals surface area contributed by atoms with E-state index in [9.17, 15) is 5.11 Å². The molecule has 3 heteroatoms. The fraction of sp³-hybridized carbons (Fsp3) is 0.455. The second kappa shape index (κ2) is 3.98. The van der Waals surface area contributed by atoms with Gasteiger partial charge in [0.1, 0.15) is 0 Å². The first kappa shape index (κ1) is 9.49. The predicted molar refractivity (Wildman–Crippen MR) is 57.4 cm³/mol. The largest absolute Gasteiger partial charge is 0.390 e. The minimum atomic E-state index is -0.416. The van der Waals surface area contributed by atoms with Gasteiger partial charge in [-0.3, -0.25) is 0 Å². The van der Waals surface area contributed by atoms with Crippen LogP contribution in [-0.2, 0) is 6.42 Å². The molecule has 0 aliphatic carbocycles. The van der Waals surface area contributed by atoms with Crippen LogP contribution in [0, 0.1) is 0 Å². The topological polar surface area (TPSA) is 49.5 Å². The highest BCUT2D eigenvalue weighted by molar-refractivity contribution is 5.57. The van der Waals surface area contributed by atoms with E-state index in [1.807, 2.05) is 6.07 Å². The van der Waals surface area contributed by atoms with Gasteiger partial charge in [-0.15, -0.1) is 0 Å². The number of hydrogen-bond donors (Lipinski definition) is 2. The number of rotatable bonds is 3. The third-order valence-electron chi connectivity index (χ3n) is 2.69. The van der Waals surface area contributed by atoms with Gasteiger partial charge >= 0.3 is 0 Å². The lowest BCUT2D eigenvalue weighted by atomic mass is 10.2. The molecule has 0 bridgehead atoms. The Balaban J connectivity index is 2.10. The molecule has 1 atom stereocenters. The quantitative estimate of drug-likeness (QED) is 0.727. The fourth-order valence-electron chi connectivity index (χ4n) is 1.93. The molecular weight excluding hydrogens is 176 g/mol. The Kier molecular flexibility index (Phi) is 2.70. The van der Waals surface area contributed by atoms with Crippen LogP contribution in [0.3, 0.4) is 0 Å². The summed E-state index contributed by atoms with van der Waals surface area (Å²) in [6.45, 7) is 1.97. The van der Waals surface area contributed by atoms with Gasteiger partial charge in [0.05, 0.1) is 6.10 Å². The Bertz CT molecular complexity index is 314. The summed E-state index contributed by atoms with van der Waals surface area (Å²) in [6.07, 6.45) is 0.661. The van der Waals surface area contributed by atoms with E-state index in [0.717, 1.165) is 13.0 Å². The highest BCUT2D eigenvalue weighted by Gasteiger charge is 2.19. The first-order chi connectivity index (χ1) is 6.81. The highest BCUT2D eigenvalue weighted by atomic mass is 16.3. The molecule has 1 aromatic rings. The van der Waals surface area contributed by atoms with Crippen LogP contribution in [-0.4, -0.2) is 30.8 Å². The number of aliphatic hydroxyl groups excluding tert-OH is 1. The molecule has 1 aromatic carbocycles. The zero-order chi connectivity index (χ0) is 9.97. The first-order valence-corrected chi connectivity index (χ1v) is 5.02. The van der Waals surface area contributed by atoms with Gasteiger partial charge in [-0.1, -0.05) is 18.2 Å². The summed E-state index contributed by atoms with van der Waals surface area (Å²) in [7, 11) is 0. The van der Waals surface area contributed by atoms with Crippen LogP contribution in [0.2, 0.25) is 0 Å². The van der Waals surface area contributed by atoms with Crippen molar-refractivity contribution in [3.63, 3.8) is 0 Å². The number of nitrogens with zero attached hydrogens (tertiary/aromatic N) is 1. The molecule has 0 saturated heterocycles. The van der Waals surface area contributed by atoms with Crippen molar-refractivity contribution in [1.29, 1.82) is 0 Å². The number of anilines is 1. The van der Waals surface area contributed by atoms with Gasteiger partial charge in [0.15, 0.2) is 0 Å². The average Bonchev–Trinajstić information content (AvgIpc) is 2.62. The molecule has 1 unspecified atom stereocenters. The zero-order valence-corrected chi connectivity index (χ0v) is 8.19. The fourth-order valence-corrected chi connectivity index (χ4v) is 1.93. The molecule has 3 N–H and O–H groups in total. The summed E-state index contributed by atoms with van der Waals surface area (Å²) in [4.78, 5) is 2.20. The highest BCUT2D eigenvalue weighted by Crippen LogP contribution is 2.27. The summed E-state index contributed by atoms with van der Waals surface area (Å²) in [5, 5.41) is 9.48. The molecule has 0 amide bonds. The maximum atomic E-state index is 9.48. The Labute approximate surface area is 84.1 Å². The smallest absolute Gasteiger partial charge is 0.0836 e. The van der Waals surface area contributed by atoms with Gasteiger partial charge in [-0.25, -0.2) is 0 Å². The van der Waals surface area contributed by atoms with E-state index in [1.54, 1.807) is 0 Å². The number of benzene rings is 1. The molecule has 1 aliphatic heterocycles. The van der Waals surface area contributed by atoms with E-state index in [4.69, 9.17) is 5.73 Å². The van der Waals surface area contributed by atoms with Gasteiger partial charge in [-0.05, 0) is 18.1 Å². The van der Waals surface area contributed by atoms with Crippen LogP contribution in [0.25, 0.3) is 0 Å². The third kappa shape index (κ3) is 1.74. The van der Waals surface area contributed by atoms with E-state index in [1.165, 1.54) is 11.3 Å². The van der Waals surface area contributed by atoms with Crippen LogP contribution >= 0.6 is 0 Å². The van der Waals surface area contributed by atoms with E-state index in [2.05, 4.69) is 23.1 Å². The van der Waals surface area contributed by atoms with Crippen LogP contribution in [0.5, 0.6) is 0 Å². The number of para-hydroxylation sites is 1. The van der Waals surface area contributed by atoms with Crippen molar-refractivity contribution < 1.29 is 5.11 Å². The Morgan fingerprint density at radius 1 is 1.43 bits per heavy atom. The van der Waals surface area contributed by atoms with Gasteiger partial charge in [0, 0.05) is 25.3 Å². The van der Waals surface area contributed by atoms with Crippen molar-refractivity contribution in [3.8, 4) is 0 Å². The molecule has 0 saturated carbocycles. The van der Waals surface area contributed by atoms with Gasteiger partial charge in [0.2, 0.25) is 0 Å². The molecule has 0 aromatic heterocycles. The minimum absolute atomic E-state index is 0.332. The Morgan fingerprint density at radius 3 is 3.00 bits per heavy atom. The molecule has 0 radical (unpaired) electrons. The van der Waals surface area contributed by atoms with Gasteiger partial charge in [-0.2, -0.15) is 0 Å². The van der Waals surface area contributed by atoms with Gasteiger partial charge in [0.25, 0.3) is 0 Å². The number of β-amino-alcohol motifs (C(OH)–C–C–N with tert-alkyl or cyclic N) is 1. The normalized spacial score (nSPS) is 16.9. The Hall–Kier alpha value is -1.06. The molecular formula is C11H16N2O. The lowest BCUT2D eigenvalue weighted by Crippen LogP contribution is -2.35. The van der Waals surface area contributed by atoms with Crippen molar-refractivity contribution in [1.82, 2.24) is 0 Å². The standard InChI is InChI=1S/C11H16N2O/c12-7-10(14)8-13-6-5-9-3-1-2-4-11(9)13/h1-4,10,14H,5-8,12H2. The van der Waals surface area contributed by atoms with Crippen LogP contribution in [0.1, 0.15) is 5.56 Å². The second-order valence-electron chi connectivity index (χ2n) is 3.71. The van der Waals surface area contributed by atoms with Crippen molar-refractivity contribution in [2.24, 2.45) is 5.73 Å². The number of nitrogens with two attached hydrogens (primary N) is 1. The summed E-state index contributed by atoms with van der Waals surface area (Å²) in [5.74, 6) is 0. The molecule has 76 valence electrons. The average molecular weight is 192 g/mol. The third-order valence-corrected chi connectivity index (χ3v) is 2.69. The van der Waals surface area contributed by atoms with Crippen LogP contribution < -0.4 is 10.6 Å². The second-order valence-corrected chi connectivity index (χ2v) is 3.71. The first-order valence-electron chi connectivity index (χ1n) is 5.02. The van der Waals surface area contributed by atoms with Crippen molar-refractivity contribution in [3.05, 3.63) is 29.8 Å². The number of fused-ring (bicyclic) bond motifs is 1. The molecule has 1 heterocycles. The monoisotopic (exact) mass is 192 g/mol. The van der Waals surface area contributed by atoms with Crippen molar-refractivity contribution >= 4 is 5.69 Å².